The predicted molar refractivity (Wildman–Crippen MR) is 97.8 cm³/mol. The Balaban J connectivity index is 2.39. The molecule has 2 aromatic rings. The zero-order valence-corrected chi connectivity index (χ0v) is 15.1. The second-order valence-electron chi connectivity index (χ2n) is 7.07. The molecule has 2 atom stereocenters. The average Bonchev–Trinajstić information content (AvgIpc) is 2.82. The smallest absolute Gasteiger partial charge is 0.254 e. The Bertz CT molecular complexity index is 968. The summed E-state index contributed by atoms with van der Waals surface area (Å²) in [4.78, 5) is 20.6. The molecule has 0 radical (unpaired) electrons. The summed E-state index contributed by atoms with van der Waals surface area (Å²) in [7, 11) is 0. The molecule has 0 spiro atoms. The number of hydrogen-bond acceptors (Lipinski definition) is 5. The number of carbonyl (C=O) groups excluding carboxylic acids is 1. The number of aliphatic hydroxyl groups is 1. The second kappa shape index (κ2) is 5.91. The monoisotopic (exact) mass is 359 g/mol. The van der Waals surface area contributed by atoms with Crippen LogP contribution in [0, 0.1) is 5.92 Å². The first-order valence-corrected chi connectivity index (χ1v) is 8.27. The number of amides is 1. The van der Waals surface area contributed by atoms with Gasteiger partial charge < -0.3 is 16.6 Å². The maximum atomic E-state index is 14.3. The Labute approximate surface area is 150 Å². The van der Waals surface area contributed by atoms with Gasteiger partial charge in [0.1, 0.15) is 22.6 Å². The highest BCUT2D eigenvalue weighted by molar-refractivity contribution is 6.10. The van der Waals surface area contributed by atoms with Crippen molar-refractivity contribution in [3.8, 4) is 0 Å². The predicted octanol–water partition coefficient (Wildman–Crippen LogP) is 2.11. The molecule has 2 aromatic heterocycles. The third-order valence-corrected chi connectivity index (χ3v) is 4.69. The van der Waals surface area contributed by atoms with Gasteiger partial charge in [-0.05, 0) is 26.3 Å². The van der Waals surface area contributed by atoms with E-state index in [2.05, 4.69) is 9.97 Å². The van der Waals surface area contributed by atoms with Gasteiger partial charge >= 0.3 is 0 Å². The number of hydrogen-bond donors (Lipinski definition) is 3. The molecule has 0 saturated carbocycles. The maximum Gasteiger partial charge on any atom is 0.254 e. The number of aliphatic hydroxyl groups excluding tert-OH is 1. The Hall–Kier alpha value is -2.74. The molecule has 5 N–H and O–H groups in total. The molecule has 0 bridgehead atoms. The molecule has 1 amide bonds. The van der Waals surface area contributed by atoms with Crippen LogP contribution >= 0.6 is 0 Å². The fourth-order valence-electron chi connectivity index (χ4n) is 3.23. The highest BCUT2D eigenvalue weighted by Gasteiger charge is 2.31. The summed E-state index contributed by atoms with van der Waals surface area (Å²) in [5.74, 6) is -0.991. The minimum absolute atomic E-state index is 0.00450. The highest BCUT2D eigenvalue weighted by atomic mass is 19.1. The molecule has 3 rings (SSSR count). The van der Waals surface area contributed by atoms with Gasteiger partial charge in [0.15, 0.2) is 5.65 Å². The molecule has 2 unspecified atom stereocenters. The number of primary amides is 1. The molecule has 26 heavy (non-hydrogen) atoms. The van der Waals surface area contributed by atoms with Gasteiger partial charge in [-0.25, -0.2) is 14.4 Å². The Morgan fingerprint density at radius 1 is 1.42 bits per heavy atom. The van der Waals surface area contributed by atoms with Gasteiger partial charge in [-0.2, -0.15) is 0 Å². The largest absolute Gasteiger partial charge is 0.388 e. The fourth-order valence-corrected chi connectivity index (χ4v) is 3.23. The number of nitrogen functional groups attached to an aromatic ring is 1. The standard InChI is InChI=1S/C18H22FN5O2/c1-8-5-6-10(25)9(2)14(8)24-15(20)12(16(21)26)13-17(24)22-7-11(23-13)18(3,4)19/h5-7,9-10,25H,20H2,1-4H3,(H2,21,26). The zero-order valence-electron chi connectivity index (χ0n) is 15.1. The van der Waals surface area contributed by atoms with Crippen molar-refractivity contribution in [1.82, 2.24) is 14.5 Å². The van der Waals surface area contributed by atoms with Gasteiger partial charge in [0.05, 0.1) is 18.0 Å². The van der Waals surface area contributed by atoms with E-state index in [1.165, 1.54) is 20.0 Å². The van der Waals surface area contributed by atoms with Gasteiger partial charge in [0.2, 0.25) is 0 Å². The van der Waals surface area contributed by atoms with E-state index in [0.29, 0.717) is 11.3 Å². The van der Waals surface area contributed by atoms with E-state index in [1.54, 1.807) is 16.7 Å². The molecule has 0 aromatic carbocycles. The summed E-state index contributed by atoms with van der Waals surface area (Å²) >= 11 is 0. The molecule has 0 fully saturated rings. The number of fused-ring (bicyclic) bond motifs is 1. The van der Waals surface area contributed by atoms with E-state index >= 15 is 0 Å². The van der Waals surface area contributed by atoms with Crippen LogP contribution in [0.25, 0.3) is 16.9 Å². The zero-order chi connectivity index (χ0) is 19.4. The van der Waals surface area contributed by atoms with Crippen LogP contribution in [-0.4, -0.2) is 31.7 Å². The van der Waals surface area contributed by atoms with Crippen molar-refractivity contribution in [2.24, 2.45) is 11.7 Å². The number of allylic oxidation sites excluding steroid dienone is 2. The molecule has 0 saturated heterocycles. The van der Waals surface area contributed by atoms with Crippen LogP contribution in [0.1, 0.15) is 43.7 Å². The summed E-state index contributed by atoms with van der Waals surface area (Å²) in [6.07, 6.45) is 4.08. The van der Waals surface area contributed by atoms with Gasteiger partial charge in [-0.15, -0.1) is 0 Å². The number of nitrogens with zero attached hydrogens (tertiary/aromatic N) is 3. The molecule has 138 valence electrons. The molecule has 1 aliphatic rings. The third kappa shape index (κ3) is 2.66. The summed E-state index contributed by atoms with van der Waals surface area (Å²) in [6, 6.07) is 0. The number of anilines is 1. The van der Waals surface area contributed by atoms with Crippen molar-refractivity contribution in [3.63, 3.8) is 0 Å². The lowest BCUT2D eigenvalue weighted by Crippen LogP contribution is -2.24. The second-order valence-corrected chi connectivity index (χ2v) is 7.07. The number of rotatable bonds is 3. The normalized spacial score (nSPS) is 20.8. The minimum atomic E-state index is -1.74. The van der Waals surface area contributed by atoms with Crippen molar-refractivity contribution in [1.29, 1.82) is 0 Å². The van der Waals surface area contributed by atoms with E-state index < -0.39 is 17.7 Å². The van der Waals surface area contributed by atoms with Crippen LogP contribution in [-0.2, 0) is 5.67 Å². The van der Waals surface area contributed by atoms with E-state index in [1.807, 2.05) is 13.8 Å². The topological polar surface area (TPSA) is 120 Å². The number of nitrogens with two attached hydrogens (primary N) is 2. The minimum Gasteiger partial charge on any atom is -0.388 e. The first kappa shape index (κ1) is 18.1. The van der Waals surface area contributed by atoms with Crippen LogP contribution in [0.4, 0.5) is 10.2 Å². The molecular formula is C18H22FN5O2. The Morgan fingerprint density at radius 2 is 2.08 bits per heavy atom. The lowest BCUT2D eigenvalue weighted by molar-refractivity contribution is 0.100. The van der Waals surface area contributed by atoms with Gasteiger partial charge in [-0.3, -0.25) is 9.36 Å². The van der Waals surface area contributed by atoms with E-state index in [-0.39, 0.29) is 28.5 Å². The van der Waals surface area contributed by atoms with Gasteiger partial charge in [0.25, 0.3) is 5.91 Å². The fraction of sp³-hybridized carbons (Fsp3) is 0.389. The van der Waals surface area contributed by atoms with Crippen LogP contribution in [0.15, 0.2) is 23.9 Å². The summed E-state index contributed by atoms with van der Waals surface area (Å²) in [5, 5.41) is 10.2. The van der Waals surface area contributed by atoms with Crippen molar-refractivity contribution in [3.05, 3.63) is 35.2 Å². The number of alkyl halides is 1. The molecular weight excluding hydrogens is 337 g/mol. The van der Waals surface area contributed by atoms with Crippen molar-refractivity contribution in [2.45, 2.75) is 39.5 Å². The number of halogens is 1. The summed E-state index contributed by atoms with van der Waals surface area (Å²) in [6.45, 7) is 6.42. The summed E-state index contributed by atoms with van der Waals surface area (Å²) in [5.41, 5.74) is 12.1. The van der Waals surface area contributed by atoms with Crippen LogP contribution in [0.3, 0.4) is 0 Å². The van der Waals surface area contributed by atoms with Crippen molar-refractivity contribution < 1.29 is 14.3 Å². The van der Waals surface area contributed by atoms with Gasteiger partial charge in [-0.1, -0.05) is 19.1 Å². The highest BCUT2D eigenvalue weighted by Crippen LogP contribution is 2.37. The molecule has 1 aliphatic carbocycles. The lowest BCUT2D eigenvalue weighted by atomic mass is 9.91. The third-order valence-electron chi connectivity index (χ3n) is 4.69. The summed E-state index contributed by atoms with van der Waals surface area (Å²) < 4.78 is 15.9. The van der Waals surface area contributed by atoms with Gasteiger partial charge in [0, 0.05) is 11.6 Å². The van der Waals surface area contributed by atoms with Crippen LogP contribution in [0.2, 0.25) is 0 Å². The maximum absolute atomic E-state index is 14.3. The number of aromatic nitrogens is 3. The van der Waals surface area contributed by atoms with E-state index in [9.17, 15) is 14.3 Å². The Kier molecular flexibility index (Phi) is 4.11. The number of carbonyl (C=O) groups is 1. The molecule has 7 nitrogen and oxygen atoms in total. The quantitative estimate of drug-likeness (QED) is 0.775. The first-order valence-electron chi connectivity index (χ1n) is 8.27. The van der Waals surface area contributed by atoms with Crippen LogP contribution in [0.5, 0.6) is 0 Å². The molecule has 0 aliphatic heterocycles. The van der Waals surface area contributed by atoms with E-state index in [0.717, 1.165) is 5.57 Å². The average molecular weight is 359 g/mol. The van der Waals surface area contributed by atoms with Crippen molar-refractivity contribution in [2.75, 3.05) is 5.73 Å². The SMILES string of the molecule is CC1=C(n2c(N)c(C(N)=O)c3nc(C(C)(C)F)cnc32)C(C)C(O)C=C1. The lowest BCUT2D eigenvalue weighted by Gasteiger charge is -2.27. The van der Waals surface area contributed by atoms with Crippen LogP contribution < -0.4 is 11.5 Å². The Morgan fingerprint density at radius 3 is 2.65 bits per heavy atom. The molecule has 2 heterocycles. The first-order chi connectivity index (χ1) is 12.0. The van der Waals surface area contributed by atoms with Crippen molar-refractivity contribution >= 4 is 28.6 Å². The molecule has 8 heteroatoms. The van der Waals surface area contributed by atoms with E-state index in [4.69, 9.17) is 11.5 Å².